The van der Waals surface area contributed by atoms with Crippen LogP contribution in [0, 0.1) is 0 Å². The Hall–Kier alpha value is -2.27. The van der Waals surface area contributed by atoms with Gasteiger partial charge in [-0.05, 0) is 42.5 Å². The van der Waals surface area contributed by atoms with Crippen molar-refractivity contribution in [1.29, 1.82) is 0 Å². The van der Waals surface area contributed by atoms with E-state index >= 15 is 0 Å². The highest BCUT2D eigenvalue weighted by molar-refractivity contribution is 5.74. The van der Waals surface area contributed by atoms with E-state index in [1.165, 1.54) is 11.1 Å². The lowest BCUT2D eigenvalue weighted by Gasteiger charge is -2.14. The molecular formula is C18H22N2O3. The number of carbonyl (C=O) groups is 1. The van der Waals surface area contributed by atoms with Gasteiger partial charge in [0.2, 0.25) is 0 Å². The van der Waals surface area contributed by atoms with E-state index in [4.69, 9.17) is 9.15 Å². The number of fused-ring (bicyclic) bond motifs is 1. The first-order valence-corrected chi connectivity index (χ1v) is 8.05. The molecule has 0 saturated carbocycles. The number of furan rings is 1. The number of benzene rings is 1. The Labute approximate surface area is 136 Å². The molecule has 1 aromatic heterocycles. The van der Waals surface area contributed by atoms with Crippen molar-refractivity contribution in [3.63, 3.8) is 0 Å². The Morgan fingerprint density at radius 2 is 2.17 bits per heavy atom. The number of aryl methyl sites for hydroxylation is 1. The van der Waals surface area contributed by atoms with Crippen LogP contribution in [0.1, 0.15) is 35.8 Å². The van der Waals surface area contributed by atoms with Crippen LogP contribution in [0.15, 0.2) is 47.1 Å². The van der Waals surface area contributed by atoms with Crippen molar-refractivity contribution in [2.24, 2.45) is 0 Å². The average Bonchev–Trinajstić information content (AvgIpc) is 3.21. The molecule has 1 heterocycles. The molecule has 1 aliphatic carbocycles. The van der Waals surface area contributed by atoms with Crippen molar-refractivity contribution in [2.45, 2.75) is 31.9 Å². The molecule has 2 aromatic rings. The highest BCUT2D eigenvalue weighted by atomic mass is 16.5. The van der Waals surface area contributed by atoms with Crippen LogP contribution in [-0.2, 0) is 17.8 Å². The van der Waals surface area contributed by atoms with Gasteiger partial charge in [0.15, 0.2) is 0 Å². The van der Waals surface area contributed by atoms with Crippen LogP contribution in [0.4, 0.5) is 4.79 Å². The average molecular weight is 314 g/mol. The monoisotopic (exact) mass is 314 g/mol. The predicted octanol–water partition coefficient (Wildman–Crippen LogP) is 3.17. The molecule has 23 heavy (non-hydrogen) atoms. The topological polar surface area (TPSA) is 63.5 Å². The van der Waals surface area contributed by atoms with Crippen molar-refractivity contribution in [3.05, 3.63) is 59.5 Å². The summed E-state index contributed by atoms with van der Waals surface area (Å²) in [5, 5.41) is 5.92. The fourth-order valence-corrected chi connectivity index (χ4v) is 2.86. The van der Waals surface area contributed by atoms with Crippen molar-refractivity contribution >= 4 is 6.03 Å². The summed E-state index contributed by atoms with van der Waals surface area (Å²) in [5.41, 5.74) is 2.58. The summed E-state index contributed by atoms with van der Waals surface area (Å²) in [6.07, 6.45) is 4.40. The summed E-state index contributed by atoms with van der Waals surface area (Å²) in [6, 6.07) is 12.0. The summed E-state index contributed by atoms with van der Waals surface area (Å²) < 4.78 is 10.7. The van der Waals surface area contributed by atoms with Crippen LogP contribution in [0.2, 0.25) is 0 Å². The van der Waals surface area contributed by atoms with Gasteiger partial charge >= 0.3 is 6.03 Å². The molecule has 0 radical (unpaired) electrons. The van der Waals surface area contributed by atoms with E-state index in [2.05, 4.69) is 22.8 Å². The standard InChI is InChI=1S/C18H22N2O3/c21-18(19-10-4-11-22-13-15-6-3-12-23-15)20-17-9-8-14-5-1-2-7-16(14)17/h1-3,5-7,12,17H,4,8-11,13H2,(H2,19,20,21). The first kappa shape index (κ1) is 15.6. The van der Waals surface area contributed by atoms with E-state index in [0.29, 0.717) is 19.8 Å². The van der Waals surface area contributed by atoms with Gasteiger partial charge in [-0.2, -0.15) is 0 Å². The predicted molar refractivity (Wildman–Crippen MR) is 87.0 cm³/mol. The van der Waals surface area contributed by atoms with E-state index in [1.807, 2.05) is 24.3 Å². The Kier molecular flexibility index (Phi) is 5.32. The van der Waals surface area contributed by atoms with Crippen LogP contribution in [0.25, 0.3) is 0 Å². The Morgan fingerprint density at radius 1 is 1.26 bits per heavy atom. The van der Waals surface area contributed by atoms with Crippen LogP contribution in [0.5, 0.6) is 0 Å². The van der Waals surface area contributed by atoms with E-state index in [-0.39, 0.29) is 12.1 Å². The summed E-state index contributed by atoms with van der Waals surface area (Å²) in [6.45, 7) is 1.66. The van der Waals surface area contributed by atoms with Gasteiger partial charge in [-0.15, -0.1) is 0 Å². The molecule has 1 aliphatic rings. The molecule has 0 saturated heterocycles. The van der Waals surface area contributed by atoms with E-state index in [1.54, 1.807) is 6.26 Å². The molecule has 122 valence electrons. The van der Waals surface area contributed by atoms with Gasteiger partial charge in [0, 0.05) is 13.2 Å². The largest absolute Gasteiger partial charge is 0.467 e. The van der Waals surface area contributed by atoms with E-state index < -0.39 is 0 Å². The zero-order valence-electron chi connectivity index (χ0n) is 13.1. The molecular weight excluding hydrogens is 292 g/mol. The fourth-order valence-electron chi connectivity index (χ4n) is 2.86. The van der Waals surface area contributed by atoms with Crippen molar-refractivity contribution in [3.8, 4) is 0 Å². The van der Waals surface area contributed by atoms with Gasteiger partial charge in [0.25, 0.3) is 0 Å². The number of rotatable bonds is 7. The second-order valence-corrected chi connectivity index (χ2v) is 5.68. The Bertz CT molecular complexity index is 625. The number of ether oxygens (including phenoxy) is 1. The molecule has 0 fully saturated rings. The van der Waals surface area contributed by atoms with Crippen LogP contribution in [0.3, 0.4) is 0 Å². The summed E-state index contributed by atoms with van der Waals surface area (Å²) >= 11 is 0. The van der Waals surface area contributed by atoms with Crippen molar-refractivity contribution in [2.75, 3.05) is 13.2 Å². The molecule has 1 unspecified atom stereocenters. The second-order valence-electron chi connectivity index (χ2n) is 5.68. The van der Waals surface area contributed by atoms with Crippen molar-refractivity contribution < 1.29 is 13.9 Å². The molecule has 2 amide bonds. The summed E-state index contributed by atoms with van der Waals surface area (Å²) in [7, 11) is 0. The quantitative estimate of drug-likeness (QED) is 0.772. The van der Waals surface area contributed by atoms with Crippen LogP contribution >= 0.6 is 0 Å². The lowest BCUT2D eigenvalue weighted by atomic mass is 10.1. The maximum absolute atomic E-state index is 12.0. The molecule has 0 bridgehead atoms. The summed E-state index contributed by atoms with van der Waals surface area (Å²) in [5.74, 6) is 0.815. The number of carbonyl (C=O) groups excluding carboxylic acids is 1. The maximum atomic E-state index is 12.0. The number of hydrogen-bond acceptors (Lipinski definition) is 3. The lowest BCUT2D eigenvalue weighted by Crippen LogP contribution is -2.38. The number of amides is 2. The first-order chi connectivity index (χ1) is 11.3. The van der Waals surface area contributed by atoms with E-state index in [0.717, 1.165) is 25.0 Å². The van der Waals surface area contributed by atoms with Gasteiger partial charge in [-0.25, -0.2) is 4.79 Å². The third kappa shape index (κ3) is 4.36. The van der Waals surface area contributed by atoms with Gasteiger partial charge in [-0.3, -0.25) is 0 Å². The smallest absolute Gasteiger partial charge is 0.315 e. The highest BCUT2D eigenvalue weighted by Crippen LogP contribution is 2.30. The fraction of sp³-hybridized carbons (Fsp3) is 0.389. The molecule has 5 nitrogen and oxygen atoms in total. The normalized spacial score (nSPS) is 16.1. The number of urea groups is 1. The van der Waals surface area contributed by atoms with E-state index in [9.17, 15) is 4.79 Å². The highest BCUT2D eigenvalue weighted by Gasteiger charge is 2.22. The van der Waals surface area contributed by atoms with Crippen LogP contribution < -0.4 is 10.6 Å². The summed E-state index contributed by atoms with van der Waals surface area (Å²) in [4.78, 5) is 12.0. The third-order valence-corrected chi connectivity index (χ3v) is 4.01. The molecule has 5 heteroatoms. The first-order valence-electron chi connectivity index (χ1n) is 8.05. The Balaban J connectivity index is 1.30. The number of hydrogen-bond donors (Lipinski definition) is 2. The molecule has 3 rings (SSSR count). The number of nitrogens with one attached hydrogen (secondary N) is 2. The molecule has 1 aromatic carbocycles. The third-order valence-electron chi connectivity index (χ3n) is 4.01. The SMILES string of the molecule is O=C(NCCCOCc1ccco1)NC1CCc2ccccc21. The minimum absolute atomic E-state index is 0.113. The van der Waals surface area contributed by atoms with Gasteiger partial charge in [0.05, 0.1) is 12.3 Å². The van der Waals surface area contributed by atoms with Gasteiger partial charge < -0.3 is 19.8 Å². The minimum atomic E-state index is -0.113. The van der Waals surface area contributed by atoms with Crippen LogP contribution in [-0.4, -0.2) is 19.2 Å². The molecule has 0 aliphatic heterocycles. The maximum Gasteiger partial charge on any atom is 0.315 e. The molecule has 1 atom stereocenters. The van der Waals surface area contributed by atoms with Gasteiger partial charge in [-0.1, -0.05) is 24.3 Å². The Morgan fingerprint density at radius 3 is 3.04 bits per heavy atom. The lowest BCUT2D eigenvalue weighted by molar-refractivity contribution is 0.104. The van der Waals surface area contributed by atoms with Crippen molar-refractivity contribution in [1.82, 2.24) is 10.6 Å². The molecule has 0 spiro atoms. The molecule has 2 N–H and O–H groups in total. The minimum Gasteiger partial charge on any atom is -0.467 e. The zero-order chi connectivity index (χ0) is 15.9. The van der Waals surface area contributed by atoms with Gasteiger partial charge in [0.1, 0.15) is 12.4 Å². The second kappa shape index (κ2) is 7.83. The zero-order valence-corrected chi connectivity index (χ0v) is 13.1.